The van der Waals surface area contributed by atoms with Gasteiger partial charge in [0.15, 0.2) is 0 Å². The summed E-state index contributed by atoms with van der Waals surface area (Å²) in [4.78, 5) is 0. The third kappa shape index (κ3) is 10.2. The largest absolute Gasteiger partial charge is 0.312 e. The van der Waals surface area contributed by atoms with E-state index in [-0.39, 0.29) is 0 Å². The Morgan fingerprint density at radius 3 is 1.53 bits per heavy atom. The van der Waals surface area contributed by atoms with E-state index < -0.39 is 6.34 Å². The van der Waals surface area contributed by atoms with Gasteiger partial charge in [0.25, 0.3) is 0 Å². The molecule has 0 saturated heterocycles. The zero-order valence-electron chi connectivity index (χ0n) is 12.5. The van der Waals surface area contributed by atoms with Crippen LogP contribution in [0.1, 0.15) is 54.4 Å². The van der Waals surface area contributed by atoms with Gasteiger partial charge in [0.2, 0.25) is 0 Å². The molecular formula is C14H31OPS. The Balaban J connectivity index is 4.29. The average molecular weight is 278 g/mol. The topological polar surface area (TPSA) is 17.1 Å². The SMILES string of the molecule is CC(C)CCP(=O)(CCC(C)C)SCC(C)C. The molecule has 0 radical (unpaired) electrons. The van der Waals surface area contributed by atoms with Gasteiger partial charge in [-0.25, -0.2) is 0 Å². The monoisotopic (exact) mass is 278 g/mol. The highest BCUT2D eigenvalue weighted by molar-refractivity contribution is 8.58. The van der Waals surface area contributed by atoms with Crippen molar-refractivity contribution in [2.45, 2.75) is 54.4 Å². The molecule has 0 spiro atoms. The van der Waals surface area contributed by atoms with Crippen LogP contribution in [0.3, 0.4) is 0 Å². The quantitative estimate of drug-likeness (QED) is 0.500. The molecule has 0 aromatic heterocycles. The van der Waals surface area contributed by atoms with E-state index in [1.807, 2.05) is 0 Å². The van der Waals surface area contributed by atoms with Crippen molar-refractivity contribution >= 4 is 17.7 Å². The van der Waals surface area contributed by atoms with E-state index in [4.69, 9.17) is 0 Å². The Kier molecular flexibility index (Phi) is 8.94. The van der Waals surface area contributed by atoms with Gasteiger partial charge < -0.3 is 4.57 Å². The van der Waals surface area contributed by atoms with Crippen LogP contribution in [0.2, 0.25) is 0 Å². The minimum Gasteiger partial charge on any atom is -0.312 e. The molecule has 0 bridgehead atoms. The lowest BCUT2D eigenvalue weighted by molar-refractivity contribution is 0.559. The highest BCUT2D eigenvalue weighted by atomic mass is 32.7. The molecule has 0 N–H and O–H groups in total. The number of rotatable bonds is 9. The van der Waals surface area contributed by atoms with Crippen LogP contribution in [0.15, 0.2) is 0 Å². The van der Waals surface area contributed by atoms with Gasteiger partial charge in [-0.3, -0.25) is 0 Å². The standard InChI is InChI=1S/C14H31OPS/c1-12(2)7-9-16(15,10-8-13(3)4)17-11-14(5)6/h12-14H,7-11H2,1-6H3. The zero-order valence-corrected chi connectivity index (χ0v) is 14.2. The molecule has 0 rings (SSSR count). The molecule has 1 nitrogen and oxygen atoms in total. The van der Waals surface area contributed by atoms with Gasteiger partial charge >= 0.3 is 0 Å². The first-order chi connectivity index (χ1) is 7.75. The molecule has 0 atom stereocenters. The molecule has 0 aliphatic carbocycles. The predicted octanol–water partition coefficient (Wildman–Crippen LogP) is 5.75. The molecule has 0 fully saturated rings. The van der Waals surface area contributed by atoms with Gasteiger partial charge in [-0.1, -0.05) is 52.9 Å². The normalized spacial score (nSPS) is 13.0. The van der Waals surface area contributed by atoms with Crippen LogP contribution in [-0.2, 0) is 4.57 Å². The summed E-state index contributed by atoms with van der Waals surface area (Å²) in [6.07, 6.45) is 2.14. The fraction of sp³-hybridized carbons (Fsp3) is 1.00. The summed E-state index contributed by atoms with van der Waals surface area (Å²) in [5, 5.41) is 0. The lowest BCUT2D eigenvalue weighted by Gasteiger charge is -2.20. The Morgan fingerprint density at radius 2 is 1.24 bits per heavy atom. The van der Waals surface area contributed by atoms with E-state index in [0.29, 0.717) is 17.8 Å². The van der Waals surface area contributed by atoms with Crippen molar-refractivity contribution in [1.29, 1.82) is 0 Å². The molecular weight excluding hydrogens is 247 g/mol. The molecule has 0 aliphatic heterocycles. The summed E-state index contributed by atoms with van der Waals surface area (Å²) in [5.41, 5.74) is 0. The maximum Gasteiger partial charge on any atom is 0.139 e. The lowest BCUT2D eigenvalue weighted by atomic mass is 10.2. The van der Waals surface area contributed by atoms with Crippen molar-refractivity contribution in [3.8, 4) is 0 Å². The van der Waals surface area contributed by atoms with Crippen LogP contribution >= 0.6 is 17.7 Å². The van der Waals surface area contributed by atoms with Crippen LogP contribution in [0.25, 0.3) is 0 Å². The first kappa shape index (κ1) is 17.6. The van der Waals surface area contributed by atoms with Crippen LogP contribution in [0.4, 0.5) is 0 Å². The minimum absolute atomic E-state index is 0.645. The van der Waals surface area contributed by atoms with Gasteiger partial charge in [0.05, 0.1) is 0 Å². The molecule has 17 heavy (non-hydrogen) atoms. The van der Waals surface area contributed by atoms with Crippen LogP contribution in [0, 0.1) is 17.8 Å². The van der Waals surface area contributed by atoms with Gasteiger partial charge in [-0.2, -0.15) is 0 Å². The van der Waals surface area contributed by atoms with Crippen molar-refractivity contribution in [3.05, 3.63) is 0 Å². The zero-order chi connectivity index (χ0) is 13.5. The Morgan fingerprint density at radius 1 is 0.824 bits per heavy atom. The van der Waals surface area contributed by atoms with E-state index in [2.05, 4.69) is 41.5 Å². The summed E-state index contributed by atoms with van der Waals surface area (Å²) in [7, 11) is 0. The van der Waals surface area contributed by atoms with Crippen molar-refractivity contribution in [2.24, 2.45) is 17.8 Å². The highest BCUT2D eigenvalue weighted by Crippen LogP contribution is 2.60. The average Bonchev–Trinajstić information content (AvgIpc) is 2.21. The molecule has 0 heterocycles. The van der Waals surface area contributed by atoms with Crippen LogP contribution in [0.5, 0.6) is 0 Å². The molecule has 104 valence electrons. The van der Waals surface area contributed by atoms with Crippen molar-refractivity contribution in [1.82, 2.24) is 0 Å². The maximum absolute atomic E-state index is 12.9. The van der Waals surface area contributed by atoms with E-state index >= 15 is 0 Å². The first-order valence-corrected chi connectivity index (χ1v) is 10.6. The predicted molar refractivity (Wildman–Crippen MR) is 83.5 cm³/mol. The fourth-order valence-electron chi connectivity index (χ4n) is 1.44. The summed E-state index contributed by atoms with van der Waals surface area (Å²) < 4.78 is 12.9. The van der Waals surface area contributed by atoms with E-state index in [1.165, 1.54) is 0 Å². The number of hydrogen-bond acceptors (Lipinski definition) is 2. The van der Waals surface area contributed by atoms with Crippen molar-refractivity contribution in [3.63, 3.8) is 0 Å². The third-order valence-electron chi connectivity index (χ3n) is 2.74. The maximum atomic E-state index is 12.9. The molecule has 0 amide bonds. The number of hydrogen-bond donors (Lipinski definition) is 0. The van der Waals surface area contributed by atoms with E-state index in [0.717, 1.165) is 30.9 Å². The van der Waals surface area contributed by atoms with Crippen LogP contribution < -0.4 is 0 Å². The molecule has 0 aromatic rings. The highest BCUT2D eigenvalue weighted by Gasteiger charge is 2.23. The Hall–Kier alpha value is 0.580. The van der Waals surface area contributed by atoms with Gasteiger partial charge in [-0.05, 0) is 30.6 Å². The molecule has 0 aromatic carbocycles. The second-order valence-electron chi connectivity index (χ2n) is 6.32. The Bertz CT molecular complexity index is 198. The summed E-state index contributed by atoms with van der Waals surface area (Å²) >= 11 is 1.77. The molecule has 0 saturated carbocycles. The summed E-state index contributed by atoms with van der Waals surface area (Å²) in [6, 6.07) is 0. The first-order valence-electron chi connectivity index (χ1n) is 6.98. The fourth-order valence-corrected chi connectivity index (χ4v) is 7.42. The van der Waals surface area contributed by atoms with Gasteiger partial charge in [0, 0.05) is 18.1 Å². The summed E-state index contributed by atoms with van der Waals surface area (Å²) in [6.45, 7) is 13.3. The van der Waals surface area contributed by atoms with Crippen molar-refractivity contribution < 1.29 is 4.57 Å². The van der Waals surface area contributed by atoms with E-state index in [1.54, 1.807) is 11.4 Å². The van der Waals surface area contributed by atoms with Gasteiger partial charge in [-0.15, -0.1) is 0 Å². The Labute approximate surface area is 113 Å². The van der Waals surface area contributed by atoms with Gasteiger partial charge in [0.1, 0.15) is 6.34 Å². The second-order valence-corrected chi connectivity index (χ2v) is 12.2. The van der Waals surface area contributed by atoms with Crippen molar-refractivity contribution in [2.75, 3.05) is 18.1 Å². The van der Waals surface area contributed by atoms with Crippen LogP contribution in [-0.4, -0.2) is 18.1 Å². The second kappa shape index (κ2) is 8.64. The smallest absolute Gasteiger partial charge is 0.139 e. The molecule has 0 aliphatic rings. The van der Waals surface area contributed by atoms with E-state index in [9.17, 15) is 4.57 Å². The summed E-state index contributed by atoms with van der Waals surface area (Å²) in [5.74, 6) is 3.03. The molecule has 0 unspecified atom stereocenters. The lowest BCUT2D eigenvalue weighted by Crippen LogP contribution is -2.02. The third-order valence-corrected chi connectivity index (χ3v) is 8.86. The molecule has 3 heteroatoms. The minimum atomic E-state index is -1.96.